The van der Waals surface area contributed by atoms with E-state index in [0.29, 0.717) is 16.9 Å². The largest absolute Gasteiger partial charge is 0.370 e. The minimum atomic E-state index is -0.00958. The van der Waals surface area contributed by atoms with Gasteiger partial charge in [-0.2, -0.15) is 0 Å². The van der Waals surface area contributed by atoms with Crippen LogP contribution < -0.4 is 10.6 Å². The van der Waals surface area contributed by atoms with Gasteiger partial charge < -0.3 is 10.6 Å². The molecule has 1 fully saturated rings. The minimum Gasteiger partial charge on any atom is -0.370 e. The van der Waals surface area contributed by atoms with E-state index in [4.69, 9.17) is 0 Å². The fourth-order valence-corrected chi connectivity index (χ4v) is 2.16. The Morgan fingerprint density at radius 3 is 2.89 bits per heavy atom. The average molecular weight is 261 g/mol. The fraction of sp³-hybridized carbons (Fsp3) is 0.600. The number of nitrogens with zero attached hydrogens (tertiary/aromatic N) is 1. The topological polar surface area (TPSA) is 54.0 Å². The normalized spacial score (nSPS) is 19.8. The minimum absolute atomic E-state index is 0.00958. The molecule has 1 atom stereocenters. The smallest absolute Gasteiger partial charge is 0.251 e. The molecule has 1 aromatic heterocycles. The number of aromatic nitrogens is 1. The average Bonchev–Trinajstić information content (AvgIpc) is 3.01. The Balaban J connectivity index is 1.88. The second-order valence-electron chi connectivity index (χ2n) is 5.96. The first kappa shape index (κ1) is 13.8. The number of nitrogens with one attached hydrogen (secondary N) is 2. The molecular weight excluding hydrogens is 238 g/mol. The summed E-state index contributed by atoms with van der Waals surface area (Å²) in [7, 11) is 0. The van der Waals surface area contributed by atoms with Gasteiger partial charge in [0.2, 0.25) is 0 Å². The molecule has 1 heterocycles. The molecular formula is C15H23N3O. The van der Waals surface area contributed by atoms with Gasteiger partial charge in [-0.1, -0.05) is 20.8 Å². The predicted octanol–water partition coefficient (Wildman–Crippen LogP) is 2.68. The van der Waals surface area contributed by atoms with Crippen molar-refractivity contribution in [3.8, 4) is 0 Å². The van der Waals surface area contributed by atoms with Crippen LogP contribution in [0.1, 0.15) is 44.0 Å². The first-order chi connectivity index (χ1) is 9.03. The zero-order valence-corrected chi connectivity index (χ0v) is 12.0. The molecule has 0 radical (unpaired) electrons. The number of hydrogen-bond donors (Lipinski definition) is 2. The van der Waals surface area contributed by atoms with E-state index in [2.05, 4.69) is 36.4 Å². The Labute approximate surface area is 115 Å². The van der Waals surface area contributed by atoms with Crippen molar-refractivity contribution in [2.45, 2.75) is 33.6 Å². The Hall–Kier alpha value is -1.58. The van der Waals surface area contributed by atoms with Crippen molar-refractivity contribution >= 4 is 11.7 Å². The van der Waals surface area contributed by atoms with Crippen LogP contribution in [0.5, 0.6) is 0 Å². The van der Waals surface area contributed by atoms with Gasteiger partial charge in [-0.25, -0.2) is 4.98 Å². The van der Waals surface area contributed by atoms with Crippen molar-refractivity contribution in [1.82, 2.24) is 10.3 Å². The maximum Gasteiger partial charge on any atom is 0.251 e. The van der Waals surface area contributed by atoms with Crippen LogP contribution in [0, 0.1) is 11.3 Å². The molecule has 1 unspecified atom stereocenters. The van der Waals surface area contributed by atoms with Crippen LogP contribution in [-0.4, -0.2) is 24.0 Å². The lowest BCUT2D eigenvalue weighted by atomic mass is 10.1. The molecule has 0 aromatic carbocycles. The van der Waals surface area contributed by atoms with Crippen LogP contribution in [-0.2, 0) is 0 Å². The predicted molar refractivity (Wildman–Crippen MR) is 77.2 cm³/mol. The summed E-state index contributed by atoms with van der Waals surface area (Å²) in [5.74, 6) is 1.38. The quantitative estimate of drug-likeness (QED) is 0.827. The van der Waals surface area contributed by atoms with Gasteiger partial charge >= 0.3 is 0 Å². The fourth-order valence-electron chi connectivity index (χ4n) is 2.16. The molecule has 1 saturated carbocycles. The summed E-state index contributed by atoms with van der Waals surface area (Å²) in [6.45, 7) is 8.22. The molecule has 0 bridgehead atoms. The lowest BCUT2D eigenvalue weighted by Crippen LogP contribution is -2.26. The zero-order chi connectivity index (χ0) is 13.9. The van der Waals surface area contributed by atoms with Crippen LogP contribution in [0.4, 0.5) is 5.82 Å². The monoisotopic (exact) mass is 261 g/mol. The van der Waals surface area contributed by atoms with Crippen LogP contribution >= 0.6 is 0 Å². The molecule has 19 heavy (non-hydrogen) atoms. The van der Waals surface area contributed by atoms with E-state index in [-0.39, 0.29) is 5.91 Å². The highest BCUT2D eigenvalue weighted by atomic mass is 16.1. The number of amides is 1. The van der Waals surface area contributed by atoms with Gasteiger partial charge in [0, 0.05) is 24.8 Å². The van der Waals surface area contributed by atoms with Gasteiger partial charge in [-0.3, -0.25) is 4.79 Å². The third-order valence-electron chi connectivity index (χ3n) is 3.80. The molecule has 0 aliphatic heterocycles. The molecule has 2 rings (SSSR count). The Bertz CT molecular complexity index is 456. The van der Waals surface area contributed by atoms with Crippen LogP contribution in [0.25, 0.3) is 0 Å². The first-order valence-corrected chi connectivity index (χ1v) is 7.01. The number of carbonyl (C=O) groups excluding carboxylic acids is 1. The number of anilines is 1. The highest BCUT2D eigenvalue weighted by Gasteiger charge is 2.45. The highest BCUT2D eigenvalue weighted by molar-refractivity contribution is 5.94. The lowest BCUT2D eigenvalue weighted by Gasteiger charge is -2.08. The van der Waals surface area contributed by atoms with Gasteiger partial charge in [0.15, 0.2) is 0 Å². The van der Waals surface area contributed by atoms with E-state index >= 15 is 0 Å². The highest BCUT2D eigenvalue weighted by Crippen LogP contribution is 2.50. The van der Waals surface area contributed by atoms with E-state index in [9.17, 15) is 4.79 Å². The molecule has 4 nitrogen and oxygen atoms in total. The third-order valence-corrected chi connectivity index (χ3v) is 3.80. The first-order valence-electron chi connectivity index (χ1n) is 7.01. The maximum atomic E-state index is 12.0. The summed E-state index contributed by atoms with van der Waals surface area (Å²) in [5.41, 5.74) is 1.08. The maximum absolute atomic E-state index is 12.0. The molecule has 1 amide bonds. The summed E-state index contributed by atoms with van der Waals surface area (Å²) in [5, 5.41) is 6.19. The van der Waals surface area contributed by atoms with E-state index in [1.54, 1.807) is 12.3 Å². The van der Waals surface area contributed by atoms with Crippen molar-refractivity contribution in [3.63, 3.8) is 0 Å². The Morgan fingerprint density at radius 1 is 1.53 bits per heavy atom. The number of carbonyl (C=O) groups is 1. The van der Waals surface area contributed by atoms with E-state index < -0.39 is 0 Å². The number of rotatable bonds is 6. The standard InChI is InChI=1S/C15H23N3O/c1-4-6-16-13-8-11(5-7-17-13)14(19)18-10-12-9-15(12,2)3/h5,7-8,12H,4,6,9-10H2,1-3H3,(H,16,17)(H,18,19). The SMILES string of the molecule is CCCNc1cc(C(=O)NCC2CC2(C)C)ccn1. The van der Waals surface area contributed by atoms with Crippen molar-refractivity contribution in [1.29, 1.82) is 0 Å². The van der Waals surface area contributed by atoms with Crippen molar-refractivity contribution in [2.75, 3.05) is 18.4 Å². The van der Waals surface area contributed by atoms with Crippen molar-refractivity contribution < 1.29 is 4.79 Å². The number of hydrogen-bond acceptors (Lipinski definition) is 3. The molecule has 0 saturated heterocycles. The van der Waals surface area contributed by atoms with Crippen LogP contribution in [0.2, 0.25) is 0 Å². The summed E-state index contributed by atoms with van der Waals surface area (Å²) >= 11 is 0. The van der Waals surface area contributed by atoms with Crippen molar-refractivity contribution in [2.24, 2.45) is 11.3 Å². The second-order valence-corrected chi connectivity index (χ2v) is 5.96. The second kappa shape index (κ2) is 5.59. The van der Waals surface area contributed by atoms with Gasteiger partial charge in [-0.15, -0.1) is 0 Å². The van der Waals surface area contributed by atoms with Crippen LogP contribution in [0.3, 0.4) is 0 Å². The molecule has 0 spiro atoms. The molecule has 104 valence electrons. The van der Waals surface area contributed by atoms with E-state index in [0.717, 1.165) is 25.3 Å². The summed E-state index contributed by atoms with van der Waals surface area (Å²) in [6, 6.07) is 3.56. The van der Waals surface area contributed by atoms with Crippen LogP contribution in [0.15, 0.2) is 18.3 Å². The summed E-state index contributed by atoms with van der Waals surface area (Å²) in [4.78, 5) is 16.2. The lowest BCUT2D eigenvalue weighted by molar-refractivity contribution is 0.0950. The van der Waals surface area contributed by atoms with Gasteiger partial charge in [0.1, 0.15) is 5.82 Å². The van der Waals surface area contributed by atoms with Gasteiger partial charge in [0.25, 0.3) is 5.91 Å². The summed E-state index contributed by atoms with van der Waals surface area (Å²) in [6.07, 6.45) is 3.91. The van der Waals surface area contributed by atoms with Gasteiger partial charge in [-0.05, 0) is 36.3 Å². The third kappa shape index (κ3) is 3.69. The number of pyridine rings is 1. The molecule has 2 N–H and O–H groups in total. The van der Waals surface area contributed by atoms with E-state index in [1.807, 2.05) is 6.07 Å². The molecule has 1 aliphatic carbocycles. The zero-order valence-electron chi connectivity index (χ0n) is 12.0. The Kier molecular flexibility index (Phi) is 4.08. The van der Waals surface area contributed by atoms with Crippen molar-refractivity contribution in [3.05, 3.63) is 23.9 Å². The van der Waals surface area contributed by atoms with Gasteiger partial charge in [0.05, 0.1) is 0 Å². The molecule has 4 heteroatoms. The Morgan fingerprint density at radius 2 is 2.26 bits per heavy atom. The molecule has 1 aliphatic rings. The molecule has 1 aromatic rings. The summed E-state index contributed by atoms with van der Waals surface area (Å²) < 4.78 is 0. The van der Waals surface area contributed by atoms with E-state index in [1.165, 1.54) is 6.42 Å².